The molecule has 0 radical (unpaired) electrons. The standard InChI is InChI=1S/C10H9F4NO2S/c1-17-5(16)3-2-4-18-8-6(11)9(13)15-10(14)7(8)12/h2-4H2,1H3. The average Bonchev–Trinajstić information content (AvgIpc) is 2.35. The van der Waals surface area contributed by atoms with Crippen LogP contribution >= 0.6 is 11.8 Å². The number of carbonyl (C=O) groups is 1. The summed E-state index contributed by atoms with van der Waals surface area (Å²) >= 11 is 0.577. The first-order valence-electron chi connectivity index (χ1n) is 4.87. The molecule has 0 saturated carbocycles. The minimum absolute atomic E-state index is 0.0583. The first-order valence-corrected chi connectivity index (χ1v) is 5.85. The third-order valence-electron chi connectivity index (χ3n) is 1.96. The van der Waals surface area contributed by atoms with E-state index in [2.05, 4.69) is 9.72 Å². The lowest BCUT2D eigenvalue weighted by Crippen LogP contribution is -2.03. The van der Waals surface area contributed by atoms with Gasteiger partial charge < -0.3 is 4.74 Å². The van der Waals surface area contributed by atoms with Gasteiger partial charge >= 0.3 is 5.97 Å². The minimum Gasteiger partial charge on any atom is -0.469 e. The molecule has 1 heterocycles. The predicted octanol–water partition coefficient (Wildman–Crippen LogP) is 2.68. The maximum absolute atomic E-state index is 13.1. The van der Waals surface area contributed by atoms with E-state index in [1.165, 1.54) is 7.11 Å². The zero-order chi connectivity index (χ0) is 13.7. The number of hydrogen-bond donors (Lipinski definition) is 0. The Labute approximate surface area is 105 Å². The zero-order valence-corrected chi connectivity index (χ0v) is 10.1. The number of methoxy groups -OCH3 is 1. The summed E-state index contributed by atoms with van der Waals surface area (Å²) in [7, 11) is 1.21. The van der Waals surface area contributed by atoms with Gasteiger partial charge in [-0.25, -0.2) is 8.78 Å². The fourth-order valence-corrected chi connectivity index (χ4v) is 2.00. The summed E-state index contributed by atoms with van der Waals surface area (Å²) < 4.78 is 56.1. The Morgan fingerprint density at radius 2 is 1.78 bits per heavy atom. The molecule has 0 N–H and O–H groups in total. The molecule has 0 aliphatic rings. The molecule has 0 unspecified atom stereocenters. The molecule has 0 aliphatic carbocycles. The SMILES string of the molecule is COC(=O)CCCSc1c(F)c(F)nc(F)c1F. The number of ether oxygens (including phenoxy) is 1. The molecule has 0 amide bonds. The third kappa shape index (κ3) is 3.59. The van der Waals surface area contributed by atoms with E-state index in [0.29, 0.717) is 11.8 Å². The summed E-state index contributed by atoms with van der Waals surface area (Å²) in [5.74, 6) is -6.79. The lowest BCUT2D eigenvalue weighted by molar-refractivity contribution is -0.140. The van der Waals surface area contributed by atoms with E-state index in [1.807, 2.05) is 0 Å². The maximum Gasteiger partial charge on any atom is 0.305 e. The van der Waals surface area contributed by atoms with E-state index in [0.717, 1.165) is 0 Å². The number of thioether (sulfide) groups is 1. The van der Waals surface area contributed by atoms with Crippen molar-refractivity contribution >= 4 is 17.7 Å². The molecule has 1 aromatic rings. The maximum atomic E-state index is 13.1. The van der Waals surface area contributed by atoms with Gasteiger partial charge in [-0.1, -0.05) is 0 Å². The molecule has 0 bridgehead atoms. The molecule has 1 rings (SSSR count). The molecular formula is C10H9F4NO2S. The van der Waals surface area contributed by atoms with Crippen molar-refractivity contribution in [1.29, 1.82) is 0 Å². The molecule has 8 heteroatoms. The quantitative estimate of drug-likeness (QED) is 0.274. The molecule has 0 aliphatic heterocycles. The van der Waals surface area contributed by atoms with Gasteiger partial charge in [-0.05, 0) is 12.2 Å². The van der Waals surface area contributed by atoms with Gasteiger partial charge in [0.2, 0.25) is 0 Å². The van der Waals surface area contributed by atoms with E-state index in [9.17, 15) is 22.4 Å². The van der Waals surface area contributed by atoms with Gasteiger partial charge in [-0.3, -0.25) is 4.79 Å². The second kappa shape index (κ2) is 6.58. The van der Waals surface area contributed by atoms with Crippen LogP contribution in [0.15, 0.2) is 4.90 Å². The highest BCUT2D eigenvalue weighted by Crippen LogP contribution is 2.28. The lowest BCUT2D eigenvalue weighted by Gasteiger charge is -2.05. The third-order valence-corrected chi connectivity index (χ3v) is 3.10. The van der Waals surface area contributed by atoms with Crippen molar-refractivity contribution in [3.63, 3.8) is 0 Å². The van der Waals surface area contributed by atoms with Gasteiger partial charge in [-0.2, -0.15) is 13.8 Å². The monoisotopic (exact) mass is 283 g/mol. The zero-order valence-electron chi connectivity index (χ0n) is 9.31. The highest BCUT2D eigenvalue weighted by molar-refractivity contribution is 7.99. The van der Waals surface area contributed by atoms with Gasteiger partial charge in [0.25, 0.3) is 11.9 Å². The summed E-state index contributed by atoms with van der Waals surface area (Å²) in [4.78, 5) is 12.4. The van der Waals surface area contributed by atoms with Crippen LogP contribution in [0.25, 0.3) is 0 Å². The van der Waals surface area contributed by atoms with Gasteiger partial charge in [-0.15, -0.1) is 11.8 Å². The largest absolute Gasteiger partial charge is 0.469 e. The number of hydrogen-bond acceptors (Lipinski definition) is 4. The Hall–Kier alpha value is -1.31. The highest BCUT2D eigenvalue weighted by atomic mass is 32.2. The van der Waals surface area contributed by atoms with E-state index in [4.69, 9.17) is 0 Å². The molecule has 1 aromatic heterocycles. The molecule has 18 heavy (non-hydrogen) atoms. The van der Waals surface area contributed by atoms with Crippen molar-refractivity contribution in [2.24, 2.45) is 0 Å². The highest BCUT2D eigenvalue weighted by Gasteiger charge is 2.20. The van der Waals surface area contributed by atoms with E-state index in [-0.39, 0.29) is 18.6 Å². The Kier molecular flexibility index (Phi) is 5.39. The summed E-state index contributed by atoms with van der Waals surface area (Å²) in [6.45, 7) is 0. The Morgan fingerprint density at radius 1 is 1.22 bits per heavy atom. The average molecular weight is 283 g/mol. The smallest absolute Gasteiger partial charge is 0.305 e. The van der Waals surface area contributed by atoms with Crippen LogP contribution in [0, 0.1) is 23.5 Å². The molecule has 0 saturated heterocycles. The molecule has 100 valence electrons. The Morgan fingerprint density at radius 3 is 2.28 bits per heavy atom. The van der Waals surface area contributed by atoms with Crippen LogP contribution < -0.4 is 0 Å². The molecule has 3 nitrogen and oxygen atoms in total. The molecule has 0 atom stereocenters. The summed E-state index contributed by atoms with van der Waals surface area (Å²) in [5, 5.41) is 0. The fraction of sp³-hybridized carbons (Fsp3) is 0.400. The second-order valence-corrected chi connectivity index (χ2v) is 4.28. The lowest BCUT2D eigenvalue weighted by atomic mass is 10.3. The number of carbonyl (C=O) groups excluding carboxylic acids is 1. The van der Waals surface area contributed by atoms with E-state index in [1.54, 1.807) is 0 Å². The van der Waals surface area contributed by atoms with Crippen molar-refractivity contribution in [3.05, 3.63) is 23.5 Å². The molecular weight excluding hydrogens is 274 g/mol. The van der Waals surface area contributed by atoms with Gasteiger partial charge in [0, 0.05) is 6.42 Å². The number of rotatable bonds is 5. The minimum atomic E-state index is -1.69. The summed E-state index contributed by atoms with van der Waals surface area (Å²) in [6.07, 6.45) is 0.324. The topological polar surface area (TPSA) is 39.2 Å². The van der Waals surface area contributed by atoms with E-state index >= 15 is 0 Å². The molecule has 0 spiro atoms. The van der Waals surface area contributed by atoms with Crippen LogP contribution in [0.4, 0.5) is 17.6 Å². The van der Waals surface area contributed by atoms with Gasteiger partial charge in [0.15, 0.2) is 11.6 Å². The Bertz CT molecular complexity index is 430. The Balaban J connectivity index is 2.65. The van der Waals surface area contributed by atoms with Crippen LogP contribution in [0.3, 0.4) is 0 Å². The molecule has 0 aromatic carbocycles. The summed E-state index contributed by atoms with van der Waals surface area (Å²) in [5.41, 5.74) is 0. The second-order valence-electron chi connectivity index (χ2n) is 3.18. The van der Waals surface area contributed by atoms with Gasteiger partial charge in [0.05, 0.1) is 12.0 Å². The van der Waals surface area contributed by atoms with Crippen LogP contribution in [-0.4, -0.2) is 23.8 Å². The van der Waals surface area contributed by atoms with Crippen LogP contribution in [-0.2, 0) is 9.53 Å². The number of nitrogens with zero attached hydrogens (tertiary/aromatic N) is 1. The normalized spacial score (nSPS) is 10.5. The van der Waals surface area contributed by atoms with Crippen molar-refractivity contribution in [1.82, 2.24) is 4.98 Å². The number of aromatic nitrogens is 1. The van der Waals surface area contributed by atoms with Crippen LogP contribution in [0.1, 0.15) is 12.8 Å². The number of esters is 1. The predicted molar refractivity (Wildman–Crippen MR) is 56.0 cm³/mol. The number of halogens is 4. The van der Waals surface area contributed by atoms with Crippen LogP contribution in [0.2, 0.25) is 0 Å². The first kappa shape index (κ1) is 14.7. The van der Waals surface area contributed by atoms with Crippen molar-refractivity contribution in [2.75, 3.05) is 12.9 Å². The number of pyridine rings is 1. The first-order chi connectivity index (χ1) is 8.47. The fourth-order valence-electron chi connectivity index (χ4n) is 1.09. The van der Waals surface area contributed by atoms with Crippen LogP contribution in [0.5, 0.6) is 0 Å². The van der Waals surface area contributed by atoms with E-state index < -0.39 is 34.4 Å². The van der Waals surface area contributed by atoms with Crippen molar-refractivity contribution in [3.8, 4) is 0 Å². The van der Waals surface area contributed by atoms with Crippen molar-refractivity contribution in [2.45, 2.75) is 17.7 Å². The summed E-state index contributed by atoms with van der Waals surface area (Å²) in [6, 6.07) is 0. The molecule has 0 fully saturated rings. The van der Waals surface area contributed by atoms with Gasteiger partial charge in [0.1, 0.15) is 0 Å². The van der Waals surface area contributed by atoms with Crippen molar-refractivity contribution < 1.29 is 27.1 Å².